The summed E-state index contributed by atoms with van der Waals surface area (Å²) in [6.45, 7) is 9.83. The van der Waals surface area contributed by atoms with Crippen LogP contribution < -0.4 is 21.8 Å². The molecular formula is C56H54F4N6O11S3. The third-order valence-electron chi connectivity index (χ3n) is 10.4. The fourth-order valence-electron chi connectivity index (χ4n) is 6.59. The van der Waals surface area contributed by atoms with Gasteiger partial charge in [0.1, 0.15) is 52.1 Å². The average molecular weight is 1160 g/mol. The van der Waals surface area contributed by atoms with Crippen LogP contribution in [0.2, 0.25) is 0 Å². The van der Waals surface area contributed by atoms with Gasteiger partial charge >= 0.3 is 11.9 Å². The number of Topliss-reactive ketones (excluding diaryl/α,β-unsaturated/α-hetero) is 3. The fourth-order valence-corrected chi connectivity index (χ4v) is 7.55. The molecule has 80 heavy (non-hydrogen) atoms. The van der Waals surface area contributed by atoms with Crippen LogP contribution in [0.4, 0.5) is 23.2 Å². The highest BCUT2D eigenvalue weighted by Crippen LogP contribution is 2.24. The molecule has 1 aliphatic heterocycles. The molecule has 24 heteroatoms. The standard InChI is InChI=1S/C13H11FN2O3.C13H11FN2O2S.C13H10FNO2S.C9H14O4.C8H8FNS/c1-2-11-15-7-10(13(18)19)12(17)16(11)9-5-3-8(14)4-6-9;1-8(17)11-7-15-13(19-2)16(12(11)18)10-5-3-9(14)4-6-10;1-8(16)11-6-7-12(18)15(13(11)17)10-4-2-9(14)3-5-10;1-4-12-6-8(7(3)10)9(11)13-5-2;9-7-3-1-6(2-4-7)5-8(10)11/h3-7H,2H2,1H3,(H,18,19);3-7H,1-2H3;2-6H,7H2,1H3;6H,4-5H2,1-3H3;1-4H,5H2,(H2,10,11)/b;;;8-6-;. The van der Waals surface area contributed by atoms with Gasteiger partial charge in [-0.3, -0.25) is 42.8 Å². The van der Waals surface area contributed by atoms with Crippen molar-refractivity contribution in [1.82, 2.24) is 19.1 Å². The second-order valence-electron chi connectivity index (χ2n) is 16.1. The van der Waals surface area contributed by atoms with Crippen molar-refractivity contribution < 1.29 is 60.9 Å². The molecule has 0 aliphatic carbocycles. The monoisotopic (exact) mass is 1160 g/mol. The van der Waals surface area contributed by atoms with E-state index in [4.69, 9.17) is 40.0 Å². The highest BCUT2D eigenvalue weighted by atomic mass is 32.2. The summed E-state index contributed by atoms with van der Waals surface area (Å²) in [5.74, 6) is -4.46. The number of aromatic carboxylic acids is 1. The van der Waals surface area contributed by atoms with Gasteiger partial charge in [-0.15, -0.1) is 0 Å². The number of benzene rings is 4. The number of nitrogens with zero attached hydrogens (tertiary/aromatic N) is 5. The number of anilines is 1. The summed E-state index contributed by atoms with van der Waals surface area (Å²) in [6.07, 6.45) is 8.11. The van der Waals surface area contributed by atoms with E-state index in [1.807, 2.05) is 0 Å². The number of hydrogen-bond acceptors (Lipinski definition) is 15. The van der Waals surface area contributed by atoms with Crippen molar-refractivity contribution >= 4 is 87.1 Å². The first-order chi connectivity index (χ1) is 37.9. The number of nitrogens with two attached hydrogens (primary N) is 1. The maximum Gasteiger partial charge on any atom is 0.344 e. The van der Waals surface area contributed by atoms with Crippen LogP contribution in [-0.4, -0.2) is 88.9 Å². The first-order valence-corrected chi connectivity index (χ1v) is 25.8. The van der Waals surface area contributed by atoms with E-state index in [9.17, 15) is 55.9 Å². The van der Waals surface area contributed by atoms with Crippen LogP contribution >= 0.6 is 36.2 Å². The van der Waals surface area contributed by atoms with E-state index < -0.39 is 52.0 Å². The number of esters is 1. The molecule has 0 saturated heterocycles. The summed E-state index contributed by atoms with van der Waals surface area (Å²) in [6, 6.07) is 22.2. The maximum absolute atomic E-state index is 12.9. The topological polar surface area (TPSA) is 240 Å². The first-order valence-electron chi connectivity index (χ1n) is 23.8. The van der Waals surface area contributed by atoms with Crippen molar-refractivity contribution in [3.05, 3.63) is 199 Å². The molecule has 0 spiro atoms. The lowest BCUT2D eigenvalue weighted by Gasteiger charge is -2.26. The zero-order chi connectivity index (χ0) is 59.8. The van der Waals surface area contributed by atoms with Gasteiger partial charge in [0.25, 0.3) is 17.0 Å². The number of hydrogen-bond donors (Lipinski definition) is 2. The maximum atomic E-state index is 12.9. The van der Waals surface area contributed by atoms with Crippen LogP contribution in [-0.2, 0) is 41.5 Å². The second-order valence-corrected chi connectivity index (χ2v) is 17.9. The van der Waals surface area contributed by atoms with E-state index in [0.717, 1.165) is 18.0 Å². The summed E-state index contributed by atoms with van der Waals surface area (Å²) in [5, 5.41) is 9.38. The Morgan fingerprint density at radius 3 is 1.60 bits per heavy atom. The van der Waals surface area contributed by atoms with Gasteiger partial charge in [-0.1, -0.05) is 61.3 Å². The van der Waals surface area contributed by atoms with E-state index in [2.05, 4.69) is 14.7 Å². The lowest BCUT2D eigenvalue weighted by atomic mass is 10.0. The Balaban J connectivity index is 0.000000267. The van der Waals surface area contributed by atoms with Crippen molar-refractivity contribution in [2.75, 3.05) is 24.4 Å². The molecule has 0 unspecified atom stereocenters. The van der Waals surface area contributed by atoms with E-state index in [-0.39, 0.29) is 46.5 Å². The molecule has 0 saturated carbocycles. The zero-order valence-electron chi connectivity index (χ0n) is 44.2. The van der Waals surface area contributed by atoms with Gasteiger partial charge < -0.3 is 20.3 Å². The largest absolute Gasteiger partial charge is 0.500 e. The van der Waals surface area contributed by atoms with Crippen LogP contribution in [0.1, 0.15) is 80.1 Å². The Morgan fingerprint density at radius 2 is 1.18 bits per heavy atom. The molecule has 7 rings (SSSR count). The number of rotatable bonds is 15. The summed E-state index contributed by atoms with van der Waals surface area (Å²) in [5.41, 5.74) is 6.13. The van der Waals surface area contributed by atoms with Crippen molar-refractivity contribution in [1.29, 1.82) is 0 Å². The molecule has 420 valence electrons. The van der Waals surface area contributed by atoms with Gasteiger partial charge in [0.2, 0.25) is 0 Å². The number of carbonyl (C=O) groups excluding carboxylic acids is 5. The number of ketones is 3. The molecule has 1 aliphatic rings. The van der Waals surface area contributed by atoms with E-state index >= 15 is 0 Å². The van der Waals surface area contributed by atoms with Crippen molar-refractivity contribution in [2.45, 2.75) is 66.0 Å². The smallest absolute Gasteiger partial charge is 0.344 e. The number of thioether (sulfide) groups is 1. The molecule has 0 radical (unpaired) electrons. The van der Waals surface area contributed by atoms with Crippen LogP contribution in [0, 0.1) is 23.3 Å². The Bertz CT molecular complexity index is 3290. The van der Waals surface area contributed by atoms with E-state index in [0.29, 0.717) is 63.9 Å². The summed E-state index contributed by atoms with van der Waals surface area (Å²) < 4.78 is 63.0. The zero-order valence-corrected chi connectivity index (χ0v) is 46.6. The Kier molecular flexibility index (Phi) is 26.5. The fraction of sp³-hybridized carbons (Fsp3) is 0.214. The number of aromatic nitrogens is 4. The number of amides is 1. The number of thiocarbonyl (C=S) groups is 2. The number of ether oxygens (including phenoxy) is 2. The summed E-state index contributed by atoms with van der Waals surface area (Å²) >= 11 is 11.1. The van der Waals surface area contributed by atoms with Gasteiger partial charge in [-0.05, 0) is 131 Å². The van der Waals surface area contributed by atoms with E-state index in [1.54, 1.807) is 39.2 Å². The van der Waals surface area contributed by atoms with Crippen LogP contribution in [0.25, 0.3) is 11.4 Å². The highest BCUT2D eigenvalue weighted by molar-refractivity contribution is 7.98. The molecule has 17 nitrogen and oxygen atoms in total. The van der Waals surface area contributed by atoms with Crippen LogP contribution in [0.5, 0.6) is 0 Å². The van der Waals surface area contributed by atoms with Crippen molar-refractivity contribution in [3.8, 4) is 11.4 Å². The van der Waals surface area contributed by atoms with Gasteiger partial charge in [-0.2, -0.15) is 0 Å². The Labute approximate surface area is 471 Å². The normalized spacial score (nSPS) is 11.6. The number of carboxylic acids is 1. The van der Waals surface area contributed by atoms with Gasteiger partial charge in [0.15, 0.2) is 22.5 Å². The second kappa shape index (κ2) is 32.3. The molecule has 2 aromatic heterocycles. The summed E-state index contributed by atoms with van der Waals surface area (Å²) in [4.78, 5) is 102. The Hall–Kier alpha value is -8.61. The lowest BCUT2D eigenvalue weighted by Crippen LogP contribution is -2.40. The quantitative estimate of drug-likeness (QED) is 0.00931. The van der Waals surface area contributed by atoms with Crippen molar-refractivity contribution in [3.63, 3.8) is 0 Å². The van der Waals surface area contributed by atoms with Gasteiger partial charge in [0.05, 0.1) is 40.1 Å². The third kappa shape index (κ3) is 19.4. The lowest BCUT2D eigenvalue weighted by molar-refractivity contribution is -0.140. The minimum atomic E-state index is -1.34. The molecule has 0 atom stereocenters. The number of aryl methyl sites for hydroxylation is 1. The molecular weight excluding hydrogens is 1100 g/mol. The molecule has 3 N–H and O–H groups in total. The van der Waals surface area contributed by atoms with Gasteiger partial charge in [-0.25, -0.2) is 37.1 Å². The minimum absolute atomic E-state index is 0.0159. The predicted molar refractivity (Wildman–Crippen MR) is 301 cm³/mol. The first kappa shape index (κ1) is 65.7. The molecule has 0 fully saturated rings. The number of carbonyl (C=O) groups is 6. The van der Waals surface area contributed by atoms with Crippen molar-refractivity contribution in [2.24, 2.45) is 5.73 Å². The average Bonchev–Trinajstić information content (AvgIpc) is 3.41. The van der Waals surface area contributed by atoms with Crippen LogP contribution in [0.3, 0.4) is 0 Å². The number of halogens is 4. The molecule has 4 aromatic carbocycles. The minimum Gasteiger partial charge on any atom is -0.500 e. The third-order valence-corrected chi connectivity index (χ3v) is 11.5. The Morgan fingerprint density at radius 1 is 0.700 bits per heavy atom. The molecule has 1 amide bonds. The SMILES string of the molecule is CC(=O)C1=CCC(=S)N(c2ccc(F)cc2)C1=O.CCO/C=C(/C(C)=O)C(=O)OCC.CCc1ncc(C(=O)O)c(=O)n1-c1ccc(F)cc1.CSc1ncc(C(C)=O)c(=O)n1-c1ccc(F)cc1.NC(=S)Cc1ccc(F)cc1. The van der Waals surface area contributed by atoms with Gasteiger partial charge in [0, 0.05) is 37.3 Å². The molecule has 0 bridgehead atoms. The molecule has 6 aromatic rings. The number of carboxylic acid groups (broad SMARTS) is 1. The molecule has 3 heterocycles. The van der Waals surface area contributed by atoms with E-state index in [1.165, 1.54) is 144 Å². The highest BCUT2D eigenvalue weighted by Gasteiger charge is 2.29. The predicted octanol–water partition coefficient (Wildman–Crippen LogP) is 9.05. The summed E-state index contributed by atoms with van der Waals surface area (Å²) in [7, 11) is 0. The van der Waals surface area contributed by atoms with Crippen LogP contribution in [0.15, 0.2) is 148 Å².